The summed E-state index contributed by atoms with van der Waals surface area (Å²) < 4.78 is 2.09. The van der Waals surface area contributed by atoms with Crippen molar-refractivity contribution < 1.29 is 0 Å². The molecular formula is C10H11N2+. The van der Waals surface area contributed by atoms with Gasteiger partial charge in [-0.25, -0.2) is 4.58 Å². The molecule has 2 heteroatoms. The van der Waals surface area contributed by atoms with Gasteiger partial charge in [-0.1, -0.05) is 12.1 Å². The van der Waals surface area contributed by atoms with E-state index in [1.54, 1.807) is 0 Å². The summed E-state index contributed by atoms with van der Waals surface area (Å²) in [4.78, 5) is 4.44. The topological polar surface area (TPSA) is 15.4 Å². The lowest BCUT2D eigenvalue weighted by Gasteiger charge is -1.86. The van der Waals surface area contributed by atoms with Crippen molar-refractivity contribution in [3.63, 3.8) is 0 Å². The third-order valence-electron chi connectivity index (χ3n) is 2.08. The summed E-state index contributed by atoms with van der Waals surface area (Å²) in [5, 5.41) is 2.25. The van der Waals surface area contributed by atoms with Crippen molar-refractivity contribution in [1.82, 2.24) is 4.58 Å². The lowest BCUT2D eigenvalue weighted by Crippen LogP contribution is -2.30. The predicted octanol–water partition coefficient (Wildman–Crippen LogP) is 0.302. The molecule has 0 radical (unpaired) electrons. The van der Waals surface area contributed by atoms with Crippen molar-refractivity contribution in [3.05, 3.63) is 46.9 Å². The molecule has 0 atom stereocenters. The van der Waals surface area contributed by atoms with E-state index in [0.717, 1.165) is 11.2 Å². The first-order valence-electron chi connectivity index (χ1n) is 4.04. The maximum atomic E-state index is 4.44. The van der Waals surface area contributed by atoms with Crippen LogP contribution in [0.5, 0.6) is 0 Å². The van der Waals surface area contributed by atoms with Crippen molar-refractivity contribution in [1.29, 1.82) is 0 Å². The zero-order chi connectivity index (χ0) is 8.55. The molecule has 2 nitrogen and oxygen atoms in total. The first kappa shape index (κ1) is 7.22. The molecule has 0 bridgehead atoms. The Labute approximate surface area is 71.2 Å². The number of hydrogen-bond donors (Lipinski definition) is 0. The largest absolute Gasteiger partial charge is 0.319 e. The van der Waals surface area contributed by atoms with E-state index in [0.29, 0.717) is 0 Å². The Bertz CT molecular complexity index is 455. The summed E-state index contributed by atoms with van der Waals surface area (Å²) in [5.41, 5.74) is 0. The van der Waals surface area contributed by atoms with E-state index in [9.17, 15) is 0 Å². The van der Waals surface area contributed by atoms with Crippen LogP contribution < -0.4 is 15.3 Å². The molecule has 0 saturated heterocycles. The molecule has 1 aliphatic heterocycles. The molecule has 1 aromatic carbocycles. The van der Waals surface area contributed by atoms with Gasteiger partial charge in [0.25, 0.3) is 0 Å². The third-order valence-corrected chi connectivity index (χ3v) is 2.08. The number of para-hydroxylation sites is 2. The van der Waals surface area contributed by atoms with Crippen LogP contribution in [-0.4, -0.2) is 7.05 Å². The summed E-state index contributed by atoms with van der Waals surface area (Å²) in [7, 11) is 2.03. The molecule has 2 rings (SSSR count). The highest BCUT2D eigenvalue weighted by molar-refractivity contribution is 5.12. The van der Waals surface area contributed by atoms with Gasteiger partial charge in [0.15, 0.2) is 5.36 Å². The quantitative estimate of drug-likeness (QED) is 0.484. The van der Waals surface area contributed by atoms with Gasteiger partial charge in [-0.3, -0.25) is 0 Å². The molecule has 0 N–H and O–H groups in total. The van der Waals surface area contributed by atoms with Gasteiger partial charge in [0.2, 0.25) is 5.36 Å². The van der Waals surface area contributed by atoms with Crippen LogP contribution in [-0.2, 0) is 0 Å². The minimum Gasteiger partial charge on any atom is -0.223 e. The van der Waals surface area contributed by atoms with Crippen LogP contribution >= 0.6 is 0 Å². The van der Waals surface area contributed by atoms with E-state index in [1.165, 1.54) is 5.36 Å². The summed E-state index contributed by atoms with van der Waals surface area (Å²) in [6.07, 6.45) is 2.01. The van der Waals surface area contributed by atoms with Crippen molar-refractivity contribution in [2.75, 3.05) is 7.05 Å². The summed E-state index contributed by atoms with van der Waals surface area (Å²) in [5.74, 6) is 1.02. The molecule has 0 amide bonds. The summed E-state index contributed by atoms with van der Waals surface area (Å²) in [6.45, 7) is 2.00. The molecule has 0 unspecified atom stereocenters. The summed E-state index contributed by atoms with van der Waals surface area (Å²) >= 11 is 0. The zero-order valence-electron chi connectivity index (χ0n) is 7.28. The molecule has 60 valence electrons. The van der Waals surface area contributed by atoms with Crippen LogP contribution in [0.25, 0.3) is 0 Å². The van der Waals surface area contributed by atoms with E-state index in [2.05, 4.69) is 15.6 Å². The average molecular weight is 159 g/mol. The van der Waals surface area contributed by atoms with Gasteiger partial charge in [-0.2, -0.15) is 0 Å². The fourth-order valence-electron chi connectivity index (χ4n) is 1.42. The second kappa shape index (κ2) is 2.55. The molecule has 1 aromatic rings. The van der Waals surface area contributed by atoms with Crippen LogP contribution in [0.4, 0.5) is 0 Å². The van der Waals surface area contributed by atoms with E-state index in [1.807, 2.05) is 38.2 Å². The molecule has 0 aromatic heterocycles. The molecule has 0 saturated carbocycles. The highest BCUT2D eigenvalue weighted by Crippen LogP contribution is 1.94. The molecule has 12 heavy (non-hydrogen) atoms. The third kappa shape index (κ3) is 0.881. The van der Waals surface area contributed by atoms with E-state index < -0.39 is 0 Å². The number of hydrogen-bond acceptors (Lipinski definition) is 1. The Kier molecular flexibility index (Phi) is 1.54. The smallest absolute Gasteiger partial charge is 0.223 e. The Morgan fingerprint density at radius 1 is 1.33 bits per heavy atom. The number of benzene rings is 1. The van der Waals surface area contributed by atoms with Gasteiger partial charge in [-0.05, 0) is 24.0 Å². The SMILES string of the molecule is C/C=C1/N=c2ccccc2=[N+]1C. The predicted molar refractivity (Wildman–Crippen MR) is 48.1 cm³/mol. The highest BCUT2D eigenvalue weighted by Gasteiger charge is 2.14. The number of nitrogens with zero attached hydrogens (tertiary/aromatic N) is 2. The maximum Gasteiger partial charge on any atom is 0.319 e. The van der Waals surface area contributed by atoms with Gasteiger partial charge in [0.1, 0.15) is 0 Å². The standard InChI is InChI=1S/C10H11N2/c1-3-10-11-8-6-4-5-7-9(8)12(10)2/h3-7H,1-2H3/q+1/b10-3-. The minimum absolute atomic E-state index is 1.02. The molecule has 1 heterocycles. The van der Waals surface area contributed by atoms with Crippen LogP contribution in [0.15, 0.2) is 41.2 Å². The van der Waals surface area contributed by atoms with Crippen LogP contribution in [0.1, 0.15) is 6.92 Å². The molecule has 0 aliphatic carbocycles. The Balaban J connectivity index is 2.90. The number of allylic oxidation sites excluding steroid dienone is 1. The monoisotopic (exact) mass is 159 g/mol. The second-order valence-electron chi connectivity index (χ2n) is 2.81. The number of rotatable bonds is 0. The highest BCUT2D eigenvalue weighted by atomic mass is 15.1. The number of fused-ring (bicyclic) bond motifs is 1. The molecule has 0 fully saturated rings. The van der Waals surface area contributed by atoms with E-state index >= 15 is 0 Å². The van der Waals surface area contributed by atoms with Gasteiger partial charge in [-0.15, -0.1) is 0 Å². The zero-order valence-corrected chi connectivity index (χ0v) is 7.28. The summed E-state index contributed by atoms with van der Waals surface area (Å²) in [6, 6.07) is 8.15. The van der Waals surface area contributed by atoms with Crippen LogP contribution in [0.2, 0.25) is 0 Å². The minimum atomic E-state index is 1.02. The molecule has 0 spiro atoms. The van der Waals surface area contributed by atoms with Crippen molar-refractivity contribution >= 4 is 0 Å². The fourth-order valence-corrected chi connectivity index (χ4v) is 1.42. The van der Waals surface area contributed by atoms with Crippen LogP contribution in [0.3, 0.4) is 0 Å². The molecule has 1 aliphatic rings. The van der Waals surface area contributed by atoms with Crippen LogP contribution in [0, 0.1) is 0 Å². The first-order valence-corrected chi connectivity index (χ1v) is 4.04. The van der Waals surface area contributed by atoms with Gasteiger partial charge in [0.05, 0.1) is 7.05 Å². The Morgan fingerprint density at radius 2 is 2.08 bits per heavy atom. The maximum absolute atomic E-state index is 4.44. The van der Waals surface area contributed by atoms with Crippen molar-refractivity contribution in [3.8, 4) is 0 Å². The second-order valence-corrected chi connectivity index (χ2v) is 2.81. The van der Waals surface area contributed by atoms with Gasteiger partial charge >= 0.3 is 5.82 Å². The van der Waals surface area contributed by atoms with E-state index in [4.69, 9.17) is 0 Å². The lowest BCUT2D eigenvalue weighted by molar-refractivity contribution is 0.821. The molecular weight excluding hydrogens is 148 g/mol. The van der Waals surface area contributed by atoms with Crippen molar-refractivity contribution in [2.45, 2.75) is 6.92 Å². The van der Waals surface area contributed by atoms with E-state index in [-0.39, 0.29) is 0 Å². The Hall–Kier alpha value is -1.44. The first-order chi connectivity index (χ1) is 5.83. The van der Waals surface area contributed by atoms with Crippen molar-refractivity contribution in [2.24, 2.45) is 4.99 Å². The van der Waals surface area contributed by atoms with Gasteiger partial charge in [0, 0.05) is 6.08 Å². The average Bonchev–Trinajstić information content (AvgIpc) is 2.44. The normalized spacial score (nSPS) is 17.8. The lowest BCUT2D eigenvalue weighted by atomic mass is 10.3. The Morgan fingerprint density at radius 3 is 2.75 bits per heavy atom. The fraction of sp³-hybridized carbons (Fsp3) is 0.200. The van der Waals surface area contributed by atoms with Gasteiger partial charge < -0.3 is 0 Å².